The fraction of sp³-hybridized carbons (Fsp3) is 0.111. The highest BCUT2D eigenvalue weighted by atomic mass is 127. The maximum Gasteiger partial charge on any atom is 0.164 e. The molecule has 0 unspecified atom stereocenters. The van der Waals surface area contributed by atoms with Crippen LogP contribution in [0, 0.1) is 20.7 Å². The molecule has 4 heteroatoms. The Kier molecular flexibility index (Phi) is 2.98. The van der Waals surface area contributed by atoms with Crippen LogP contribution in [0.1, 0.15) is 22.8 Å². The molecule has 0 aliphatic carbocycles. The number of benzene rings is 1. The summed E-state index contributed by atoms with van der Waals surface area (Å²) in [6, 6.07) is 4.70. The molecule has 13 heavy (non-hydrogen) atoms. The van der Waals surface area contributed by atoms with E-state index in [4.69, 9.17) is 5.26 Å². The van der Waals surface area contributed by atoms with Crippen molar-refractivity contribution in [2.24, 2.45) is 0 Å². The zero-order valence-electron chi connectivity index (χ0n) is 6.77. The number of rotatable bonds is 1. The Morgan fingerprint density at radius 1 is 1.62 bits per heavy atom. The van der Waals surface area contributed by atoms with Gasteiger partial charge in [-0.05, 0) is 41.6 Å². The molecule has 0 bridgehead atoms. The highest BCUT2D eigenvalue weighted by molar-refractivity contribution is 14.1. The largest absolute Gasteiger partial charge is 0.294 e. The monoisotopic (exact) mass is 289 g/mol. The standard InChI is InChI=1S/C9H5FINO/c1-5(13)8-6(4-12)2-3-7(11)9(8)10/h2-3H,1H3. The fourth-order valence-electron chi connectivity index (χ4n) is 0.988. The molecule has 2 nitrogen and oxygen atoms in total. The SMILES string of the molecule is CC(=O)c1c(C#N)ccc(I)c1F. The zero-order valence-corrected chi connectivity index (χ0v) is 8.92. The normalized spacial score (nSPS) is 9.38. The van der Waals surface area contributed by atoms with Crippen molar-refractivity contribution in [1.29, 1.82) is 5.26 Å². The topological polar surface area (TPSA) is 40.9 Å². The van der Waals surface area contributed by atoms with E-state index in [1.807, 2.05) is 0 Å². The Balaban J connectivity index is 3.53. The van der Waals surface area contributed by atoms with Gasteiger partial charge in [0.05, 0.1) is 17.2 Å². The highest BCUT2D eigenvalue weighted by Crippen LogP contribution is 2.19. The van der Waals surface area contributed by atoms with Crippen molar-refractivity contribution in [1.82, 2.24) is 0 Å². The van der Waals surface area contributed by atoms with Crippen LogP contribution in [0.2, 0.25) is 0 Å². The summed E-state index contributed by atoms with van der Waals surface area (Å²) in [5.74, 6) is -1.03. The van der Waals surface area contributed by atoms with Gasteiger partial charge in [0.1, 0.15) is 5.82 Å². The second-order valence-corrected chi connectivity index (χ2v) is 3.61. The Labute approximate surface area is 88.5 Å². The van der Waals surface area contributed by atoms with Gasteiger partial charge < -0.3 is 0 Å². The van der Waals surface area contributed by atoms with Crippen LogP contribution in [-0.2, 0) is 0 Å². The predicted octanol–water partition coefficient (Wildman–Crippen LogP) is 2.50. The van der Waals surface area contributed by atoms with Crippen LogP contribution in [0.4, 0.5) is 4.39 Å². The maximum atomic E-state index is 13.3. The molecule has 0 saturated heterocycles. The molecule has 0 aromatic heterocycles. The Morgan fingerprint density at radius 3 is 2.69 bits per heavy atom. The Bertz CT molecular complexity index is 409. The van der Waals surface area contributed by atoms with Crippen LogP contribution in [0.3, 0.4) is 0 Å². The van der Waals surface area contributed by atoms with E-state index in [1.165, 1.54) is 19.1 Å². The lowest BCUT2D eigenvalue weighted by molar-refractivity contribution is 0.101. The smallest absolute Gasteiger partial charge is 0.164 e. The second-order valence-electron chi connectivity index (χ2n) is 2.45. The molecule has 0 spiro atoms. The molecule has 0 aliphatic rings. The first kappa shape index (κ1) is 10.1. The van der Waals surface area contributed by atoms with Gasteiger partial charge in [-0.15, -0.1) is 0 Å². The van der Waals surface area contributed by atoms with Crippen LogP contribution in [-0.4, -0.2) is 5.78 Å². The number of halogens is 2. The van der Waals surface area contributed by atoms with Gasteiger partial charge in [0.15, 0.2) is 5.78 Å². The average molecular weight is 289 g/mol. The van der Waals surface area contributed by atoms with Gasteiger partial charge in [-0.2, -0.15) is 5.26 Å². The number of hydrogen-bond donors (Lipinski definition) is 0. The molecule has 0 N–H and O–H groups in total. The second kappa shape index (κ2) is 3.83. The summed E-state index contributed by atoms with van der Waals surface area (Å²) in [5.41, 5.74) is -0.0279. The third-order valence-corrected chi connectivity index (χ3v) is 2.40. The van der Waals surface area contributed by atoms with E-state index in [0.29, 0.717) is 3.57 Å². The number of Topliss-reactive ketones (excluding diaryl/α,β-unsaturated/α-hetero) is 1. The van der Waals surface area contributed by atoms with Crippen LogP contribution in [0.25, 0.3) is 0 Å². The molecule has 0 radical (unpaired) electrons. The summed E-state index contributed by atoms with van der Waals surface area (Å²) < 4.78 is 13.7. The summed E-state index contributed by atoms with van der Waals surface area (Å²) in [4.78, 5) is 11.0. The Morgan fingerprint density at radius 2 is 2.23 bits per heavy atom. The van der Waals surface area contributed by atoms with Gasteiger partial charge in [-0.1, -0.05) is 0 Å². The van der Waals surface area contributed by atoms with E-state index in [-0.39, 0.29) is 11.1 Å². The summed E-state index contributed by atoms with van der Waals surface area (Å²) >= 11 is 1.78. The lowest BCUT2D eigenvalue weighted by atomic mass is 10.1. The third-order valence-electron chi connectivity index (χ3n) is 1.57. The molecular weight excluding hydrogens is 284 g/mol. The quantitative estimate of drug-likeness (QED) is 0.588. The van der Waals surface area contributed by atoms with Crippen LogP contribution in [0.15, 0.2) is 12.1 Å². The number of ketones is 1. The van der Waals surface area contributed by atoms with Crippen molar-refractivity contribution in [3.8, 4) is 6.07 Å². The van der Waals surface area contributed by atoms with Gasteiger partial charge in [0.25, 0.3) is 0 Å². The molecule has 0 amide bonds. The Hall–Kier alpha value is -0.960. The number of carbonyl (C=O) groups excluding carboxylic acids is 1. The molecule has 0 saturated carbocycles. The van der Waals surface area contributed by atoms with Crippen molar-refractivity contribution in [2.75, 3.05) is 0 Å². The minimum atomic E-state index is -0.604. The molecule has 1 aromatic carbocycles. The van der Waals surface area contributed by atoms with E-state index in [9.17, 15) is 9.18 Å². The number of nitrogens with zero attached hydrogens (tertiary/aromatic N) is 1. The molecule has 1 aromatic rings. The van der Waals surface area contributed by atoms with E-state index in [1.54, 1.807) is 28.7 Å². The van der Waals surface area contributed by atoms with E-state index in [0.717, 1.165) is 0 Å². The van der Waals surface area contributed by atoms with Crippen molar-refractivity contribution in [3.05, 3.63) is 32.6 Å². The minimum absolute atomic E-state index is 0.0883. The summed E-state index contributed by atoms with van der Waals surface area (Å²) in [6.45, 7) is 1.25. The van der Waals surface area contributed by atoms with Crippen molar-refractivity contribution >= 4 is 28.4 Å². The molecule has 0 fully saturated rings. The predicted molar refractivity (Wildman–Crippen MR) is 53.8 cm³/mol. The first-order valence-corrected chi connectivity index (χ1v) is 4.55. The molecule has 0 aliphatic heterocycles. The van der Waals surface area contributed by atoms with Crippen LogP contribution >= 0.6 is 22.6 Å². The number of carbonyl (C=O) groups is 1. The first-order valence-electron chi connectivity index (χ1n) is 3.47. The van der Waals surface area contributed by atoms with Gasteiger partial charge in [-0.25, -0.2) is 4.39 Å². The summed E-state index contributed by atoms with van der Waals surface area (Å²) in [5, 5.41) is 8.61. The molecule has 0 atom stereocenters. The van der Waals surface area contributed by atoms with Crippen molar-refractivity contribution in [3.63, 3.8) is 0 Å². The molecular formula is C9H5FINO. The van der Waals surface area contributed by atoms with Crippen molar-refractivity contribution in [2.45, 2.75) is 6.92 Å². The zero-order chi connectivity index (χ0) is 10.0. The van der Waals surface area contributed by atoms with E-state index >= 15 is 0 Å². The number of hydrogen-bond acceptors (Lipinski definition) is 2. The highest BCUT2D eigenvalue weighted by Gasteiger charge is 2.15. The van der Waals surface area contributed by atoms with Gasteiger partial charge in [-0.3, -0.25) is 4.79 Å². The average Bonchev–Trinajstić information content (AvgIpc) is 2.08. The van der Waals surface area contributed by atoms with Gasteiger partial charge in [0.2, 0.25) is 0 Å². The molecule has 0 heterocycles. The molecule has 66 valence electrons. The summed E-state index contributed by atoms with van der Waals surface area (Å²) in [7, 11) is 0. The number of nitriles is 1. The van der Waals surface area contributed by atoms with E-state index < -0.39 is 11.6 Å². The maximum absolute atomic E-state index is 13.3. The first-order chi connectivity index (χ1) is 6.07. The minimum Gasteiger partial charge on any atom is -0.294 e. The van der Waals surface area contributed by atoms with Crippen LogP contribution < -0.4 is 0 Å². The fourth-order valence-corrected chi connectivity index (χ4v) is 1.44. The lowest BCUT2D eigenvalue weighted by Gasteiger charge is -2.02. The van der Waals surface area contributed by atoms with Crippen LogP contribution in [0.5, 0.6) is 0 Å². The van der Waals surface area contributed by atoms with Gasteiger partial charge >= 0.3 is 0 Å². The van der Waals surface area contributed by atoms with Gasteiger partial charge in [0, 0.05) is 3.57 Å². The lowest BCUT2D eigenvalue weighted by Crippen LogP contribution is -2.02. The third kappa shape index (κ3) is 1.86. The van der Waals surface area contributed by atoms with E-state index in [2.05, 4.69) is 0 Å². The summed E-state index contributed by atoms with van der Waals surface area (Å²) in [6.07, 6.45) is 0. The molecule has 1 rings (SSSR count). The van der Waals surface area contributed by atoms with Crippen molar-refractivity contribution < 1.29 is 9.18 Å².